The molecule has 1 N–H and O–H groups in total. The number of carboxylic acid groups (broad SMARTS) is 1. The molecule has 17 heavy (non-hydrogen) atoms. The van der Waals surface area contributed by atoms with Crippen LogP contribution < -0.4 is 0 Å². The van der Waals surface area contributed by atoms with Crippen LogP contribution >= 0.6 is 0 Å². The van der Waals surface area contributed by atoms with E-state index in [1.54, 1.807) is 20.8 Å². The lowest BCUT2D eigenvalue weighted by Gasteiger charge is -2.26. The van der Waals surface area contributed by atoms with Crippen LogP contribution in [0.15, 0.2) is 0 Å². The molecule has 0 aromatic rings. The van der Waals surface area contributed by atoms with Crippen molar-refractivity contribution in [3.63, 3.8) is 0 Å². The monoisotopic (exact) mass is 243 g/mol. The summed E-state index contributed by atoms with van der Waals surface area (Å²) in [5.74, 6) is -0.699. The molecule has 0 saturated carbocycles. The van der Waals surface area contributed by atoms with Crippen LogP contribution in [0.5, 0.6) is 0 Å². The Bertz CT molecular complexity index is 308. The van der Waals surface area contributed by atoms with Crippen LogP contribution in [0.4, 0.5) is 4.79 Å². The lowest BCUT2D eigenvalue weighted by atomic mass is 10.0. The second-order valence-corrected chi connectivity index (χ2v) is 5.50. The lowest BCUT2D eigenvalue weighted by Crippen LogP contribution is -2.43. The molecule has 0 aromatic carbocycles. The summed E-state index contributed by atoms with van der Waals surface area (Å²) in [5.41, 5.74) is -0.593. The van der Waals surface area contributed by atoms with Gasteiger partial charge >= 0.3 is 12.1 Å². The summed E-state index contributed by atoms with van der Waals surface area (Å²) in [5, 5.41) is 9.09. The summed E-state index contributed by atoms with van der Waals surface area (Å²) < 4.78 is 5.22. The molecule has 1 fully saturated rings. The van der Waals surface area contributed by atoms with Gasteiger partial charge in [0.05, 0.1) is 0 Å². The van der Waals surface area contributed by atoms with Crippen LogP contribution in [0.3, 0.4) is 0 Å². The van der Waals surface area contributed by atoms with Gasteiger partial charge in [-0.15, -0.1) is 0 Å². The van der Waals surface area contributed by atoms with Crippen LogP contribution in [0.25, 0.3) is 0 Å². The average Bonchev–Trinajstić information content (AvgIpc) is 2.58. The molecule has 1 saturated heterocycles. The average molecular weight is 243 g/mol. The first-order chi connectivity index (χ1) is 7.74. The molecule has 1 aliphatic rings. The molecular weight excluding hydrogens is 222 g/mol. The van der Waals surface area contributed by atoms with Crippen molar-refractivity contribution < 1.29 is 19.4 Å². The molecule has 1 rings (SSSR count). The number of aliphatic carboxylic acids is 1. The van der Waals surface area contributed by atoms with Gasteiger partial charge in [-0.25, -0.2) is 9.59 Å². The number of hydrogen-bond acceptors (Lipinski definition) is 3. The summed E-state index contributed by atoms with van der Waals surface area (Å²) in [6.45, 7) is 7.79. The van der Waals surface area contributed by atoms with Crippen LogP contribution in [0, 0.1) is 5.92 Å². The molecule has 0 spiro atoms. The second-order valence-electron chi connectivity index (χ2n) is 5.50. The predicted octanol–water partition coefficient (Wildman–Crippen LogP) is 2.11. The minimum absolute atomic E-state index is 0.253. The van der Waals surface area contributed by atoms with Gasteiger partial charge in [-0.05, 0) is 33.1 Å². The maximum absolute atomic E-state index is 11.9. The number of ether oxygens (including phenoxy) is 1. The van der Waals surface area contributed by atoms with Crippen LogP contribution in [-0.2, 0) is 9.53 Å². The van der Waals surface area contributed by atoms with Gasteiger partial charge < -0.3 is 9.84 Å². The van der Waals surface area contributed by atoms with E-state index >= 15 is 0 Å². The van der Waals surface area contributed by atoms with E-state index in [0.717, 1.165) is 6.42 Å². The highest BCUT2D eigenvalue weighted by Gasteiger charge is 2.40. The molecule has 1 amide bonds. The normalized spacial score (nSPS) is 24.8. The minimum atomic E-state index is -0.952. The third-order valence-corrected chi connectivity index (χ3v) is 2.88. The molecular formula is C12H21NO4. The third kappa shape index (κ3) is 3.61. The van der Waals surface area contributed by atoms with E-state index in [1.807, 2.05) is 6.92 Å². The van der Waals surface area contributed by atoms with Crippen molar-refractivity contribution in [2.45, 2.75) is 52.2 Å². The van der Waals surface area contributed by atoms with Crippen molar-refractivity contribution in [2.75, 3.05) is 6.54 Å². The highest BCUT2D eigenvalue weighted by atomic mass is 16.6. The SMILES string of the molecule is CCC1C[C@H](C(=O)O)N(C(=O)OC(C)(C)C)C1. The summed E-state index contributed by atoms with van der Waals surface area (Å²) in [7, 11) is 0. The zero-order valence-electron chi connectivity index (χ0n) is 10.9. The summed E-state index contributed by atoms with van der Waals surface area (Å²) >= 11 is 0. The minimum Gasteiger partial charge on any atom is -0.480 e. The number of rotatable bonds is 2. The maximum atomic E-state index is 11.9. The van der Waals surface area contributed by atoms with Crippen molar-refractivity contribution in [2.24, 2.45) is 5.92 Å². The van der Waals surface area contributed by atoms with Crippen molar-refractivity contribution in [3.8, 4) is 0 Å². The fraction of sp³-hybridized carbons (Fsp3) is 0.833. The maximum Gasteiger partial charge on any atom is 0.411 e. The van der Waals surface area contributed by atoms with Gasteiger partial charge in [0.15, 0.2) is 0 Å². The number of amides is 1. The smallest absolute Gasteiger partial charge is 0.411 e. The van der Waals surface area contributed by atoms with Gasteiger partial charge in [0.25, 0.3) is 0 Å². The third-order valence-electron chi connectivity index (χ3n) is 2.88. The largest absolute Gasteiger partial charge is 0.480 e. The summed E-state index contributed by atoms with van der Waals surface area (Å²) in [6, 6.07) is -0.741. The number of likely N-dealkylation sites (tertiary alicyclic amines) is 1. The highest BCUT2D eigenvalue weighted by Crippen LogP contribution is 2.27. The summed E-state index contributed by atoms with van der Waals surface area (Å²) in [6.07, 6.45) is 0.870. The number of carbonyl (C=O) groups is 2. The van der Waals surface area contributed by atoms with Crippen molar-refractivity contribution >= 4 is 12.1 Å². The lowest BCUT2D eigenvalue weighted by molar-refractivity contribution is -0.142. The Morgan fingerprint density at radius 1 is 1.41 bits per heavy atom. The molecule has 5 heteroatoms. The quantitative estimate of drug-likeness (QED) is 0.806. The number of nitrogens with zero attached hydrogens (tertiary/aromatic N) is 1. The van der Waals surface area contributed by atoms with E-state index < -0.39 is 23.7 Å². The zero-order chi connectivity index (χ0) is 13.2. The number of carboxylic acids is 1. The highest BCUT2D eigenvalue weighted by molar-refractivity contribution is 5.80. The molecule has 1 aliphatic heterocycles. The molecule has 1 heterocycles. The first kappa shape index (κ1) is 13.8. The molecule has 5 nitrogen and oxygen atoms in total. The topological polar surface area (TPSA) is 66.8 Å². The van der Waals surface area contributed by atoms with Crippen LogP contribution in [0.2, 0.25) is 0 Å². The molecule has 98 valence electrons. The standard InChI is InChI=1S/C12H21NO4/c1-5-8-6-9(10(14)15)13(7-8)11(16)17-12(2,3)4/h8-9H,5-7H2,1-4H3,(H,14,15)/t8?,9-/m1/s1. The molecule has 2 atom stereocenters. The van der Waals surface area contributed by atoms with Crippen molar-refractivity contribution in [1.82, 2.24) is 4.90 Å². The molecule has 1 unspecified atom stereocenters. The van der Waals surface area contributed by atoms with Crippen LogP contribution in [0.1, 0.15) is 40.5 Å². The first-order valence-corrected chi connectivity index (χ1v) is 5.97. The van der Waals surface area contributed by atoms with E-state index in [9.17, 15) is 9.59 Å². The summed E-state index contributed by atoms with van der Waals surface area (Å²) in [4.78, 5) is 24.3. The van der Waals surface area contributed by atoms with Gasteiger partial charge in [0.1, 0.15) is 11.6 Å². The van der Waals surface area contributed by atoms with E-state index in [-0.39, 0.29) is 5.92 Å². The Morgan fingerprint density at radius 3 is 2.41 bits per heavy atom. The number of hydrogen-bond donors (Lipinski definition) is 1. The molecule has 0 aliphatic carbocycles. The zero-order valence-corrected chi connectivity index (χ0v) is 10.9. The Hall–Kier alpha value is -1.26. The Labute approximate surface area is 102 Å². The fourth-order valence-corrected chi connectivity index (χ4v) is 1.98. The molecule has 0 bridgehead atoms. The predicted molar refractivity (Wildman–Crippen MR) is 62.8 cm³/mol. The van der Waals surface area contributed by atoms with E-state index in [4.69, 9.17) is 9.84 Å². The van der Waals surface area contributed by atoms with Gasteiger partial charge in [-0.3, -0.25) is 4.90 Å². The van der Waals surface area contributed by atoms with Gasteiger partial charge in [0, 0.05) is 6.54 Å². The second kappa shape index (κ2) is 4.94. The van der Waals surface area contributed by atoms with Crippen molar-refractivity contribution in [1.29, 1.82) is 0 Å². The van der Waals surface area contributed by atoms with Crippen molar-refractivity contribution in [3.05, 3.63) is 0 Å². The molecule has 0 aromatic heterocycles. The van der Waals surface area contributed by atoms with E-state index in [2.05, 4.69) is 0 Å². The van der Waals surface area contributed by atoms with Crippen LogP contribution in [-0.4, -0.2) is 40.3 Å². The molecule has 0 radical (unpaired) electrons. The Balaban J connectivity index is 2.73. The number of carbonyl (C=O) groups excluding carboxylic acids is 1. The fourth-order valence-electron chi connectivity index (χ4n) is 1.98. The van der Waals surface area contributed by atoms with Gasteiger partial charge in [-0.1, -0.05) is 13.3 Å². The van der Waals surface area contributed by atoms with E-state index in [1.165, 1.54) is 4.90 Å². The first-order valence-electron chi connectivity index (χ1n) is 5.97. The van der Waals surface area contributed by atoms with E-state index in [0.29, 0.717) is 13.0 Å². The van der Waals surface area contributed by atoms with Gasteiger partial charge in [-0.2, -0.15) is 0 Å². The Kier molecular flexibility index (Phi) is 4.01. The van der Waals surface area contributed by atoms with Gasteiger partial charge in [0.2, 0.25) is 0 Å². The Morgan fingerprint density at radius 2 is 2.00 bits per heavy atom.